The van der Waals surface area contributed by atoms with Gasteiger partial charge in [0.1, 0.15) is 10.7 Å². The molecule has 104 valence electrons. The number of rotatable bonds is 4. The molecule has 0 spiro atoms. The van der Waals surface area contributed by atoms with Crippen LogP contribution >= 0.6 is 35.0 Å². The van der Waals surface area contributed by atoms with Crippen molar-refractivity contribution in [2.45, 2.75) is 12.1 Å². The zero-order valence-corrected chi connectivity index (χ0v) is 12.6. The third-order valence-electron chi connectivity index (χ3n) is 2.24. The molecule has 0 aliphatic rings. The van der Waals surface area contributed by atoms with Gasteiger partial charge in [-0.05, 0) is 42.5 Å². The third kappa shape index (κ3) is 3.75. The maximum absolute atomic E-state index is 11.3. The van der Waals surface area contributed by atoms with E-state index in [1.165, 1.54) is 6.08 Å². The zero-order chi connectivity index (χ0) is 14.7. The molecule has 0 aliphatic heterocycles. The topological polar surface area (TPSA) is 78.9 Å². The van der Waals surface area contributed by atoms with Gasteiger partial charge >= 0.3 is 5.97 Å². The fourth-order valence-electron chi connectivity index (χ4n) is 1.36. The minimum absolute atomic E-state index is 0.0632. The summed E-state index contributed by atoms with van der Waals surface area (Å²) in [6.45, 7) is 1.73. The number of carbonyl (C=O) groups is 1. The van der Waals surface area contributed by atoms with E-state index in [0.717, 1.165) is 11.8 Å². The second-order valence-electron chi connectivity index (χ2n) is 3.79. The first kappa shape index (κ1) is 14.9. The van der Waals surface area contributed by atoms with Crippen LogP contribution < -0.4 is 0 Å². The number of hydrogen-bond donors (Lipinski definition) is 2. The summed E-state index contributed by atoms with van der Waals surface area (Å²) in [6, 6.07) is 4.84. The highest BCUT2D eigenvalue weighted by Gasteiger charge is 2.13. The summed E-state index contributed by atoms with van der Waals surface area (Å²) in [5.74, 6) is -0.467. The fraction of sp³-hybridized carbons (Fsp3) is 0.0833. The van der Waals surface area contributed by atoms with Crippen molar-refractivity contribution in [3.8, 4) is 0 Å². The lowest BCUT2D eigenvalue weighted by Gasteiger charge is -2.02. The molecule has 2 N–H and O–H groups in total. The minimum atomic E-state index is -1.08. The van der Waals surface area contributed by atoms with Crippen LogP contribution in [0.3, 0.4) is 0 Å². The number of H-pyrrole nitrogens is 1. The number of carboxylic acids is 1. The molecule has 1 heterocycles. The molecule has 1 aromatic carbocycles. The summed E-state index contributed by atoms with van der Waals surface area (Å²) < 4.78 is 0. The largest absolute Gasteiger partial charge is 0.477 e. The van der Waals surface area contributed by atoms with Gasteiger partial charge in [-0.15, -0.1) is 5.10 Å². The zero-order valence-electron chi connectivity index (χ0n) is 10.2. The van der Waals surface area contributed by atoms with E-state index in [-0.39, 0.29) is 4.91 Å². The summed E-state index contributed by atoms with van der Waals surface area (Å²) in [5, 5.41) is 17.0. The maximum Gasteiger partial charge on any atom is 0.342 e. The van der Waals surface area contributed by atoms with Crippen molar-refractivity contribution in [3.05, 3.63) is 44.5 Å². The van der Waals surface area contributed by atoms with Crippen molar-refractivity contribution >= 4 is 47.0 Å². The van der Waals surface area contributed by atoms with Crippen molar-refractivity contribution < 1.29 is 9.90 Å². The van der Waals surface area contributed by atoms with Crippen LogP contribution in [0.2, 0.25) is 10.0 Å². The average molecular weight is 330 g/mol. The van der Waals surface area contributed by atoms with Crippen molar-refractivity contribution in [1.82, 2.24) is 15.2 Å². The molecule has 5 nitrogen and oxygen atoms in total. The number of aromatic amines is 1. The number of halogens is 2. The molecule has 8 heteroatoms. The fourth-order valence-corrected chi connectivity index (χ4v) is 2.57. The predicted octanol–water partition coefficient (Wildman–Crippen LogP) is 3.64. The highest BCUT2D eigenvalue weighted by molar-refractivity contribution is 8.04. The number of aromatic nitrogens is 3. The molecule has 0 bridgehead atoms. The summed E-state index contributed by atoms with van der Waals surface area (Å²) in [7, 11) is 0. The molecule has 2 aromatic rings. The molecule has 0 amide bonds. The van der Waals surface area contributed by atoms with Gasteiger partial charge in [0.25, 0.3) is 0 Å². The number of thioether (sulfide) groups is 1. The van der Waals surface area contributed by atoms with E-state index < -0.39 is 5.97 Å². The molecule has 0 radical (unpaired) electrons. The van der Waals surface area contributed by atoms with Gasteiger partial charge in [0.05, 0.1) is 0 Å². The maximum atomic E-state index is 11.3. The Kier molecular flexibility index (Phi) is 4.69. The second kappa shape index (κ2) is 6.30. The molecule has 0 saturated carbocycles. The van der Waals surface area contributed by atoms with Gasteiger partial charge in [0.15, 0.2) is 0 Å². The lowest BCUT2D eigenvalue weighted by atomic mass is 10.2. The van der Waals surface area contributed by atoms with Crippen LogP contribution in [0.25, 0.3) is 6.08 Å². The van der Waals surface area contributed by atoms with Crippen LogP contribution in [0.1, 0.15) is 11.4 Å². The predicted molar refractivity (Wildman–Crippen MR) is 79.1 cm³/mol. The van der Waals surface area contributed by atoms with Gasteiger partial charge in [-0.25, -0.2) is 9.78 Å². The lowest BCUT2D eigenvalue weighted by Crippen LogP contribution is -1.97. The first-order valence-corrected chi connectivity index (χ1v) is 7.00. The second-order valence-corrected chi connectivity index (χ2v) is 5.64. The number of hydrogen-bond acceptors (Lipinski definition) is 4. The number of aliphatic carboxylic acids is 1. The monoisotopic (exact) mass is 329 g/mol. The highest BCUT2D eigenvalue weighted by Crippen LogP contribution is 2.29. The van der Waals surface area contributed by atoms with E-state index in [2.05, 4.69) is 15.2 Å². The molecule has 20 heavy (non-hydrogen) atoms. The number of benzene rings is 1. The normalized spacial score (nSPS) is 11.7. The van der Waals surface area contributed by atoms with Gasteiger partial charge in [0, 0.05) is 10.0 Å². The van der Waals surface area contributed by atoms with E-state index in [1.54, 1.807) is 25.1 Å². The Morgan fingerprint density at radius 1 is 1.45 bits per heavy atom. The van der Waals surface area contributed by atoms with Gasteiger partial charge < -0.3 is 5.11 Å². The Bertz CT molecular complexity index is 685. The minimum Gasteiger partial charge on any atom is -0.477 e. The first-order chi connectivity index (χ1) is 9.45. The van der Waals surface area contributed by atoms with Crippen molar-refractivity contribution in [2.75, 3.05) is 0 Å². The number of nitrogens with zero attached hydrogens (tertiary/aromatic N) is 2. The Balaban J connectivity index is 2.32. The molecule has 0 unspecified atom stereocenters. The Morgan fingerprint density at radius 3 is 2.75 bits per heavy atom. The van der Waals surface area contributed by atoms with E-state index in [4.69, 9.17) is 23.2 Å². The van der Waals surface area contributed by atoms with Gasteiger partial charge in [-0.1, -0.05) is 29.3 Å². The van der Waals surface area contributed by atoms with Crippen LogP contribution in [-0.4, -0.2) is 26.3 Å². The molecule has 2 rings (SSSR count). The number of aryl methyl sites for hydroxylation is 1. The third-order valence-corrected chi connectivity index (χ3v) is 3.68. The number of carboxylic acid groups (broad SMARTS) is 1. The van der Waals surface area contributed by atoms with Crippen molar-refractivity contribution in [2.24, 2.45) is 0 Å². The molecule has 0 fully saturated rings. The van der Waals surface area contributed by atoms with E-state index in [1.807, 2.05) is 0 Å². The molecule has 0 atom stereocenters. The lowest BCUT2D eigenvalue weighted by molar-refractivity contribution is -0.131. The van der Waals surface area contributed by atoms with Crippen molar-refractivity contribution in [3.63, 3.8) is 0 Å². The van der Waals surface area contributed by atoms with E-state index in [9.17, 15) is 9.90 Å². The Hall–Kier alpha value is -1.50. The van der Waals surface area contributed by atoms with E-state index >= 15 is 0 Å². The summed E-state index contributed by atoms with van der Waals surface area (Å²) in [6.07, 6.45) is 1.46. The van der Waals surface area contributed by atoms with Gasteiger partial charge in [0.2, 0.25) is 5.16 Å². The molecule has 1 aromatic heterocycles. The van der Waals surface area contributed by atoms with Crippen LogP contribution in [-0.2, 0) is 4.79 Å². The summed E-state index contributed by atoms with van der Waals surface area (Å²) in [4.78, 5) is 15.4. The summed E-state index contributed by atoms with van der Waals surface area (Å²) >= 11 is 12.8. The first-order valence-electron chi connectivity index (χ1n) is 5.42. The van der Waals surface area contributed by atoms with E-state index in [0.29, 0.717) is 26.6 Å². The summed E-state index contributed by atoms with van der Waals surface area (Å²) in [5.41, 5.74) is 0.563. The quantitative estimate of drug-likeness (QED) is 0.661. The van der Waals surface area contributed by atoms with Crippen LogP contribution in [0, 0.1) is 6.92 Å². The molecule has 0 saturated heterocycles. The SMILES string of the molecule is Cc1nc(S/C(=C\c2ccc(Cl)cc2Cl)C(=O)O)n[nH]1. The highest BCUT2D eigenvalue weighted by atomic mass is 35.5. The smallest absolute Gasteiger partial charge is 0.342 e. The molecular formula is C12H9Cl2N3O2S. The molecular weight excluding hydrogens is 321 g/mol. The average Bonchev–Trinajstić information content (AvgIpc) is 2.77. The van der Waals surface area contributed by atoms with Crippen molar-refractivity contribution in [1.29, 1.82) is 0 Å². The Labute approximate surface area is 129 Å². The Morgan fingerprint density at radius 2 is 2.20 bits per heavy atom. The van der Waals surface area contributed by atoms with Crippen LogP contribution in [0.5, 0.6) is 0 Å². The van der Waals surface area contributed by atoms with Crippen LogP contribution in [0.4, 0.5) is 0 Å². The standard InChI is InChI=1S/C12H9Cl2N3O2S/c1-6-15-12(17-16-6)20-10(11(18)19)4-7-2-3-8(13)5-9(7)14/h2-5H,1H3,(H,18,19)(H,15,16,17)/b10-4-. The van der Waals surface area contributed by atoms with Gasteiger partial charge in [-0.2, -0.15) is 0 Å². The van der Waals surface area contributed by atoms with Gasteiger partial charge in [-0.3, -0.25) is 5.10 Å². The van der Waals surface area contributed by atoms with Crippen LogP contribution in [0.15, 0.2) is 28.3 Å². The number of nitrogens with one attached hydrogen (secondary N) is 1. The molecule has 0 aliphatic carbocycles.